The molecular formula is C29H48O3. The molecule has 9 atom stereocenters. The molecule has 0 aromatic heterocycles. The number of allylic oxidation sites excluding steroid dienone is 1. The summed E-state index contributed by atoms with van der Waals surface area (Å²) in [5.74, 6) is 4.54. The number of aliphatic hydroxyl groups excluding tert-OH is 1. The van der Waals surface area contributed by atoms with Crippen LogP contribution >= 0.6 is 0 Å². The average Bonchev–Trinajstić information content (AvgIpc) is 3.10. The molecule has 1 N–H and O–H groups in total. The van der Waals surface area contributed by atoms with Crippen molar-refractivity contribution in [1.29, 1.82) is 0 Å². The molecule has 4 aliphatic rings. The molecule has 1 unspecified atom stereocenters. The first-order chi connectivity index (χ1) is 15.2. The Morgan fingerprint density at radius 3 is 2.62 bits per heavy atom. The smallest absolute Gasteiger partial charge is 0.302 e. The zero-order chi connectivity index (χ0) is 23.1. The van der Waals surface area contributed by atoms with Gasteiger partial charge in [0.1, 0.15) is 6.10 Å². The number of hydrogen-bond donors (Lipinski definition) is 1. The van der Waals surface area contributed by atoms with Crippen LogP contribution in [0, 0.1) is 46.3 Å². The van der Waals surface area contributed by atoms with Crippen molar-refractivity contribution in [1.82, 2.24) is 0 Å². The van der Waals surface area contributed by atoms with Gasteiger partial charge in [-0.15, -0.1) is 0 Å². The number of ether oxygens (including phenoxy) is 1. The lowest BCUT2D eigenvalue weighted by molar-refractivity contribution is -0.148. The molecule has 0 bridgehead atoms. The van der Waals surface area contributed by atoms with E-state index in [1.165, 1.54) is 57.8 Å². The molecule has 182 valence electrons. The Morgan fingerprint density at radius 2 is 1.91 bits per heavy atom. The number of carbonyl (C=O) groups is 1. The molecule has 0 aromatic rings. The highest BCUT2D eigenvalue weighted by Crippen LogP contribution is 2.67. The van der Waals surface area contributed by atoms with Gasteiger partial charge in [-0.05, 0) is 97.7 Å². The van der Waals surface area contributed by atoms with Gasteiger partial charge in [0.2, 0.25) is 0 Å². The van der Waals surface area contributed by atoms with Gasteiger partial charge in [0.15, 0.2) is 0 Å². The fraction of sp³-hybridized carbons (Fsp3) is 0.897. The Morgan fingerprint density at radius 1 is 1.12 bits per heavy atom. The molecule has 4 rings (SSSR count). The Labute approximate surface area is 196 Å². The Kier molecular flexibility index (Phi) is 7.16. The fourth-order valence-corrected chi connectivity index (χ4v) is 9.02. The Bertz CT molecular complexity index is 713. The third-order valence-electron chi connectivity index (χ3n) is 10.8. The van der Waals surface area contributed by atoms with Crippen LogP contribution in [-0.2, 0) is 9.53 Å². The molecule has 0 amide bonds. The van der Waals surface area contributed by atoms with Gasteiger partial charge in [0.25, 0.3) is 0 Å². The van der Waals surface area contributed by atoms with E-state index < -0.39 is 0 Å². The van der Waals surface area contributed by atoms with Crippen LogP contribution in [0.3, 0.4) is 0 Å². The largest absolute Gasteiger partial charge is 0.462 e. The van der Waals surface area contributed by atoms with Crippen LogP contribution in [0.5, 0.6) is 0 Å². The molecule has 0 aliphatic heterocycles. The van der Waals surface area contributed by atoms with Gasteiger partial charge in [-0.2, -0.15) is 0 Å². The quantitative estimate of drug-likeness (QED) is 0.342. The zero-order valence-electron chi connectivity index (χ0n) is 21.4. The lowest BCUT2D eigenvalue weighted by atomic mass is 9.47. The van der Waals surface area contributed by atoms with Crippen molar-refractivity contribution in [2.75, 3.05) is 6.61 Å². The van der Waals surface area contributed by atoms with Crippen LogP contribution < -0.4 is 0 Å². The van der Waals surface area contributed by atoms with Crippen molar-refractivity contribution in [2.24, 2.45) is 46.3 Å². The SMILES string of the molecule is CC(=O)O[C@H]1CC[C@@]2(C)C(=CC[C@H]3[C@H]4CC[C@@H]([C@@H](C)CCCC(C)CO)[C@@]4(C)CC[C@H]32)C1. The summed E-state index contributed by atoms with van der Waals surface area (Å²) < 4.78 is 5.61. The first kappa shape index (κ1) is 24.3. The van der Waals surface area contributed by atoms with Gasteiger partial charge in [0.05, 0.1) is 0 Å². The first-order valence-corrected chi connectivity index (χ1v) is 13.7. The minimum Gasteiger partial charge on any atom is -0.462 e. The van der Waals surface area contributed by atoms with Crippen LogP contribution in [0.15, 0.2) is 11.6 Å². The van der Waals surface area contributed by atoms with E-state index in [9.17, 15) is 9.90 Å². The Balaban J connectivity index is 1.44. The van der Waals surface area contributed by atoms with Gasteiger partial charge in [0, 0.05) is 20.0 Å². The second-order valence-corrected chi connectivity index (χ2v) is 12.7. The van der Waals surface area contributed by atoms with Gasteiger partial charge >= 0.3 is 5.97 Å². The second kappa shape index (κ2) is 9.43. The molecule has 0 radical (unpaired) electrons. The minimum atomic E-state index is -0.127. The number of carbonyl (C=O) groups excluding carboxylic acids is 1. The van der Waals surface area contributed by atoms with E-state index in [0.29, 0.717) is 23.4 Å². The third-order valence-corrected chi connectivity index (χ3v) is 10.8. The van der Waals surface area contributed by atoms with Crippen LogP contribution in [0.1, 0.15) is 105 Å². The molecule has 3 fully saturated rings. The van der Waals surface area contributed by atoms with Crippen molar-refractivity contribution in [2.45, 2.75) is 111 Å². The van der Waals surface area contributed by atoms with Gasteiger partial charge in [-0.1, -0.05) is 52.2 Å². The molecule has 0 heterocycles. The maximum Gasteiger partial charge on any atom is 0.302 e. The summed E-state index contributed by atoms with van der Waals surface area (Å²) in [6, 6.07) is 0. The molecule has 3 saturated carbocycles. The maximum atomic E-state index is 11.5. The van der Waals surface area contributed by atoms with Crippen LogP contribution in [0.25, 0.3) is 0 Å². The monoisotopic (exact) mass is 444 g/mol. The standard InChI is InChI=1S/C29H48O3/c1-19(18-30)7-6-8-20(2)25-11-12-26-24-10-9-22-17-23(32-21(3)31)13-15-28(22,4)27(24)14-16-29(25,26)5/h9,19-20,23-27,30H,6-8,10-18H2,1-5H3/t19?,20-,23-,24-,25-,26+,27+,28-,29+/m0/s1. The summed E-state index contributed by atoms with van der Waals surface area (Å²) in [5, 5.41) is 9.35. The van der Waals surface area contributed by atoms with Crippen molar-refractivity contribution in [3.63, 3.8) is 0 Å². The molecule has 32 heavy (non-hydrogen) atoms. The lowest BCUT2D eigenvalue weighted by Gasteiger charge is -2.58. The van der Waals surface area contributed by atoms with E-state index in [4.69, 9.17) is 4.74 Å². The molecule has 0 spiro atoms. The van der Waals surface area contributed by atoms with Gasteiger partial charge in [-0.25, -0.2) is 0 Å². The van der Waals surface area contributed by atoms with E-state index in [1.54, 1.807) is 12.5 Å². The molecule has 3 heteroatoms. The summed E-state index contributed by atoms with van der Waals surface area (Å²) in [7, 11) is 0. The van der Waals surface area contributed by atoms with E-state index in [0.717, 1.165) is 42.4 Å². The summed E-state index contributed by atoms with van der Waals surface area (Å²) >= 11 is 0. The zero-order valence-corrected chi connectivity index (χ0v) is 21.4. The number of fused-ring (bicyclic) bond motifs is 5. The van der Waals surface area contributed by atoms with E-state index in [2.05, 4.69) is 33.8 Å². The van der Waals surface area contributed by atoms with Crippen LogP contribution in [-0.4, -0.2) is 23.8 Å². The normalized spacial score (nSPS) is 42.8. The van der Waals surface area contributed by atoms with Gasteiger partial charge in [-0.3, -0.25) is 4.79 Å². The average molecular weight is 445 g/mol. The highest BCUT2D eigenvalue weighted by molar-refractivity contribution is 5.66. The van der Waals surface area contributed by atoms with Crippen LogP contribution in [0.2, 0.25) is 0 Å². The Hall–Kier alpha value is -0.830. The fourth-order valence-electron chi connectivity index (χ4n) is 9.02. The van der Waals surface area contributed by atoms with Gasteiger partial charge < -0.3 is 9.84 Å². The topological polar surface area (TPSA) is 46.5 Å². The van der Waals surface area contributed by atoms with Crippen molar-refractivity contribution in [3.8, 4) is 0 Å². The van der Waals surface area contributed by atoms with E-state index in [1.807, 2.05) is 0 Å². The predicted octanol–water partition coefficient (Wildman–Crippen LogP) is 6.93. The minimum absolute atomic E-state index is 0.0995. The lowest BCUT2D eigenvalue weighted by Crippen LogP contribution is -2.51. The van der Waals surface area contributed by atoms with Crippen molar-refractivity contribution >= 4 is 5.97 Å². The third kappa shape index (κ3) is 4.32. The number of aliphatic hydroxyl groups is 1. The second-order valence-electron chi connectivity index (χ2n) is 12.7. The number of esters is 1. The van der Waals surface area contributed by atoms with Crippen molar-refractivity contribution in [3.05, 3.63) is 11.6 Å². The highest BCUT2D eigenvalue weighted by Gasteiger charge is 2.59. The molecule has 4 aliphatic carbocycles. The number of hydrogen-bond acceptors (Lipinski definition) is 3. The highest BCUT2D eigenvalue weighted by atomic mass is 16.5. The maximum absolute atomic E-state index is 11.5. The molecular weight excluding hydrogens is 396 g/mol. The van der Waals surface area contributed by atoms with E-state index >= 15 is 0 Å². The predicted molar refractivity (Wildman–Crippen MR) is 130 cm³/mol. The van der Waals surface area contributed by atoms with E-state index in [-0.39, 0.29) is 12.1 Å². The summed E-state index contributed by atoms with van der Waals surface area (Å²) in [6.45, 7) is 11.8. The molecule has 3 nitrogen and oxygen atoms in total. The van der Waals surface area contributed by atoms with Crippen LogP contribution in [0.4, 0.5) is 0 Å². The first-order valence-electron chi connectivity index (χ1n) is 13.7. The number of rotatable bonds is 7. The molecule has 0 aromatic carbocycles. The summed E-state index contributed by atoms with van der Waals surface area (Å²) in [4.78, 5) is 11.5. The van der Waals surface area contributed by atoms with Crippen molar-refractivity contribution < 1.29 is 14.6 Å². The summed E-state index contributed by atoms with van der Waals surface area (Å²) in [6.07, 6.45) is 16.5. The molecule has 0 saturated heterocycles. The summed E-state index contributed by atoms with van der Waals surface area (Å²) in [5.41, 5.74) is 2.44.